The SMILES string of the molecule is C#CCN(CC=C)C(=O)c1ccc(F)cc1. The van der Waals surface area contributed by atoms with Crippen molar-refractivity contribution in [3.05, 3.63) is 48.3 Å². The van der Waals surface area contributed by atoms with Gasteiger partial charge in [-0.25, -0.2) is 4.39 Å². The minimum absolute atomic E-state index is 0.211. The lowest BCUT2D eigenvalue weighted by molar-refractivity contribution is 0.0793. The second-order valence-corrected chi connectivity index (χ2v) is 3.19. The molecule has 0 aliphatic heterocycles. The lowest BCUT2D eigenvalue weighted by Crippen LogP contribution is -2.31. The molecule has 0 radical (unpaired) electrons. The number of hydrogen-bond acceptors (Lipinski definition) is 1. The maximum Gasteiger partial charge on any atom is 0.254 e. The summed E-state index contributed by atoms with van der Waals surface area (Å²) in [5.41, 5.74) is 0.415. The number of halogens is 1. The first-order valence-corrected chi connectivity index (χ1v) is 4.78. The first-order chi connectivity index (χ1) is 7.69. The molecule has 1 amide bonds. The summed E-state index contributed by atoms with van der Waals surface area (Å²) in [6, 6.07) is 5.36. The molecule has 0 bridgehead atoms. The van der Waals surface area contributed by atoms with E-state index in [-0.39, 0.29) is 18.3 Å². The highest BCUT2D eigenvalue weighted by atomic mass is 19.1. The predicted molar refractivity (Wildman–Crippen MR) is 61.3 cm³/mol. The van der Waals surface area contributed by atoms with Crippen molar-refractivity contribution in [2.75, 3.05) is 13.1 Å². The summed E-state index contributed by atoms with van der Waals surface area (Å²) in [5.74, 6) is 1.80. The van der Waals surface area contributed by atoms with E-state index in [0.717, 1.165) is 0 Å². The summed E-state index contributed by atoms with van der Waals surface area (Å²) in [5, 5.41) is 0. The molecule has 0 aliphatic carbocycles. The number of benzene rings is 1. The molecule has 3 heteroatoms. The van der Waals surface area contributed by atoms with Gasteiger partial charge in [0.2, 0.25) is 0 Å². The first-order valence-electron chi connectivity index (χ1n) is 4.78. The van der Waals surface area contributed by atoms with E-state index in [1.54, 1.807) is 6.08 Å². The summed E-state index contributed by atoms with van der Waals surface area (Å²) < 4.78 is 12.7. The third kappa shape index (κ3) is 2.96. The van der Waals surface area contributed by atoms with Crippen LogP contribution in [0, 0.1) is 18.2 Å². The molecule has 0 heterocycles. The van der Waals surface area contributed by atoms with Crippen molar-refractivity contribution >= 4 is 5.91 Å². The molecular weight excluding hydrogens is 205 g/mol. The Balaban J connectivity index is 2.86. The molecule has 82 valence electrons. The van der Waals surface area contributed by atoms with Crippen molar-refractivity contribution in [2.24, 2.45) is 0 Å². The van der Waals surface area contributed by atoms with Crippen LogP contribution >= 0.6 is 0 Å². The van der Waals surface area contributed by atoms with Gasteiger partial charge in [-0.15, -0.1) is 13.0 Å². The zero-order valence-electron chi connectivity index (χ0n) is 8.82. The molecule has 0 saturated carbocycles. The van der Waals surface area contributed by atoms with Crippen LogP contribution in [-0.2, 0) is 0 Å². The Morgan fingerprint density at radius 1 is 1.50 bits per heavy atom. The molecule has 0 fully saturated rings. The fraction of sp³-hybridized carbons (Fsp3) is 0.154. The van der Waals surface area contributed by atoms with Crippen LogP contribution in [0.5, 0.6) is 0 Å². The number of amides is 1. The Morgan fingerprint density at radius 2 is 2.12 bits per heavy atom. The third-order valence-electron chi connectivity index (χ3n) is 2.01. The fourth-order valence-electron chi connectivity index (χ4n) is 1.26. The normalized spacial score (nSPS) is 9.25. The summed E-state index contributed by atoms with van der Waals surface area (Å²) in [7, 11) is 0. The largest absolute Gasteiger partial charge is 0.324 e. The first kappa shape index (κ1) is 12.0. The predicted octanol–water partition coefficient (Wildman–Crippen LogP) is 2.09. The lowest BCUT2D eigenvalue weighted by atomic mass is 10.2. The average Bonchev–Trinajstić information content (AvgIpc) is 2.29. The topological polar surface area (TPSA) is 20.3 Å². The van der Waals surface area contributed by atoms with E-state index in [1.165, 1.54) is 29.2 Å². The van der Waals surface area contributed by atoms with Crippen LogP contribution in [0.15, 0.2) is 36.9 Å². The minimum atomic E-state index is -0.372. The second kappa shape index (κ2) is 5.72. The molecule has 1 aromatic rings. The zero-order chi connectivity index (χ0) is 12.0. The van der Waals surface area contributed by atoms with E-state index in [2.05, 4.69) is 12.5 Å². The second-order valence-electron chi connectivity index (χ2n) is 3.19. The van der Waals surface area contributed by atoms with Crippen LogP contribution in [0.1, 0.15) is 10.4 Å². The van der Waals surface area contributed by atoms with E-state index in [1.807, 2.05) is 0 Å². The van der Waals surface area contributed by atoms with Crippen LogP contribution < -0.4 is 0 Å². The molecule has 1 rings (SSSR count). The van der Waals surface area contributed by atoms with Crippen molar-refractivity contribution in [2.45, 2.75) is 0 Å². The molecule has 1 aromatic carbocycles. The Labute approximate surface area is 94.4 Å². The highest BCUT2D eigenvalue weighted by Crippen LogP contribution is 2.06. The van der Waals surface area contributed by atoms with Crippen LogP contribution in [0.3, 0.4) is 0 Å². The van der Waals surface area contributed by atoms with Crippen molar-refractivity contribution in [3.8, 4) is 12.3 Å². The Hall–Kier alpha value is -2.08. The van der Waals surface area contributed by atoms with E-state index in [9.17, 15) is 9.18 Å². The van der Waals surface area contributed by atoms with Gasteiger partial charge in [0.25, 0.3) is 5.91 Å². The molecule has 0 atom stereocenters. The number of carbonyl (C=O) groups excluding carboxylic acids is 1. The lowest BCUT2D eigenvalue weighted by Gasteiger charge is -2.18. The zero-order valence-corrected chi connectivity index (χ0v) is 8.82. The quantitative estimate of drug-likeness (QED) is 0.558. The maximum atomic E-state index is 12.7. The van der Waals surface area contributed by atoms with E-state index in [4.69, 9.17) is 6.42 Å². The van der Waals surface area contributed by atoms with Gasteiger partial charge in [-0.2, -0.15) is 0 Å². The van der Waals surface area contributed by atoms with Crippen LogP contribution in [0.2, 0.25) is 0 Å². The van der Waals surface area contributed by atoms with Gasteiger partial charge < -0.3 is 4.90 Å². The van der Waals surface area contributed by atoms with Crippen molar-refractivity contribution in [1.82, 2.24) is 4.90 Å². The number of hydrogen-bond donors (Lipinski definition) is 0. The molecule has 2 nitrogen and oxygen atoms in total. The van der Waals surface area contributed by atoms with Crippen LogP contribution in [-0.4, -0.2) is 23.9 Å². The fourth-order valence-corrected chi connectivity index (χ4v) is 1.26. The Kier molecular flexibility index (Phi) is 4.28. The van der Waals surface area contributed by atoms with Gasteiger partial charge in [-0.3, -0.25) is 4.79 Å². The number of terminal acetylenes is 1. The molecule has 16 heavy (non-hydrogen) atoms. The van der Waals surface area contributed by atoms with Crippen molar-refractivity contribution in [1.29, 1.82) is 0 Å². The van der Waals surface area contributed by atoms with Crippen molar-refractivity contribution in [3.63, 3.8) is 0 Å². The van der Waals surface area contributed by atoms with Gasteiger partial charge in [0.15, 0.2) is 0 Å². The third-order valence-corrected chi connectivity index (χ3v) is 2.01. The van der Waals surface area contributed by atoms with E-state index < -0.39 is 0 Å². The van der Waals surface area contributed by atoms with E-state index >= 15 is 0 Å². The summed E-state index contributed by atoms with van der Waals surface area (Å²) in [6.07, 6.45) is 6.76. The van der Waals surface area contributed by atoms with Gasteiger partial charge in [-0.05, 0) is 24.3 Å². The number of rotatable bonds is 4. The molecule has 0 spiro atoms. The highest BCUT2D eigenvalue weighted by Gasteiger charge is 2.12. The highest BCUT2D eigenvalue weighted by molar-refractivity contribution is 5.94. The van der Waals surface area contributed by atoms with Crippen LogP contribution in [0.25, 0.3) is 0 Å². The van der Waals surface area contributed by atoms with Gasteiger partial charge in [-0.1, -0.05) is 12.0 Å². The molecule has 0 saturated heterocycles. The maximum absolute atomic E-state index is 12.7. The Bertz CT molecular complexity index is 417. The van der Waals surface area contributed by atoms with Crippen LogP contribution in [0.4, 0.5) is 4.39 Å². The molecule has 0 N–H and O–H groups in total. The molecule has 0 unspecified atom stereocenters. The standard InChI is InChI=1S/C13H12FNO/c1-3-9-15(10-4-2)13(16)11-5-7-12(14)8-6-11/h1,4-8H,2,9-10H2. The Morgan fingerprint density at radius 3 is 2.62 bits per heavy atom. The number of carbonyl (C=O) groups is 1. The van der Waals surface area contributed by atoms with Gasteiger partial charge >= 0.3 is 0 Å². The summed E-state index contributed by atoms with van der Waals surface area (Å²) in [6.45, 7) is 4.14. The van der Waals surface area contributed by atoms with Gasteiger partial charge in [0, 0.05) is 12.1 Å². The minimum Gasteiger partial charge on any atom is -0.324 e. The molecule has 0 aromatic heterocycles. The molecule has 0 aliphatic rings. The van der Waals surface area contributed by atoms with E-state index in [0.29, 0.717) is 12.1 Å². The average molecular weight is 217 g/mol. The smallest absolute Gasteiger partial charge is 0.254 e. The van der Waals surface area contributed by atoms with Gasteiger partial charge in [0.1, 0.15) is 5.82 Å². The summed E-state index contributed by atoms with van der Waals surface area (Å²) in [4.78, 5) is 13.4. The van der Waals surface area contributed by atoms with Crippen molar-refractivity contribution < 1.29 is 9.18 Å². The molecular formula is C13H12FNO. The number of nitrogens with zero attached hydrogens (tertiary/aromatic N) is 1. The van der Waals surface area contributed by atoms with Gasteiger partial charge in [0.05, 0.1) is 6.54 Å². The summed E-state index contributed by atoms with van der Waals surface area (Å²) >= 11 is 0. The monoisotopic (exact) mass is 217 g/mol.